The van der Waals surface area contributed by atoms with Gasteiger partial charge in [-0.2, -0.15) is 9.30 Å². The number of sulfonamides is 1. The van der Waals surface area contributed by atoms with Crippen molar-refractivity contribution in [3.8, 4) is 0 Å². The highest BCUT2D eigenvalue weighted by Crippen LogP contribution is 2.29. The number of hydrogen-bond donors (Lipinski definition) is 0. The maximum atomic E-state index is 13.2. The number of fused-ring (bicyclic) bond motifs is 3. The Kier molecular flexibility index (Phi) is 7.81. The third-order valence-electron chi connectivity index (χ3n) is 7.01. The fraction of sp³-hybridized carbons (Fsp3) is 0.379. The van der Waals surface area contributed by atoms with Crippen molar-refractivity contribution < 1.29 is 17.9 Å². The molecule has 1 fully saturated rings. The van der Waals surface area contributed by atoms with E-state index in [0.29, 0.717) is 55.0 Å². The minimum atomic E-state index is -3.61. The van der Waals surface area contributed by atoms with Crippen LogP contribution in [0.1, 0.15) is 37.6 Å². The molecule has 2 heterocycles. The van der Waals surface area contributed by atoms with Crippen LogP contribution in [0.15, 0.2) is 70.6 Å². The minimum Gasteiger partial charge on any atom is -0.380 e. The Bertz CT molecular complexity index is 1630. The predicted molar refractivity (Wildman–Crippen MR) is 152 cm³/mol. The number of carbonyl (C=O) groups is 1. The largest absolute Gasteiger partial charge is 0.380 e. The molecular weight excluding hydrogens is 518 g/mol. The van der Waals surface area contributed by atoms with Crippen LogP contribution in [-0.4, -0.2) is 49.5 Å². The lowest BCUT2D eigenvalue weighted by Crippen LogP contribution is -2.42. The summed E-state index contributed by atoms with van der Waals surface area (Å²) in [6.07, 6.45) is 1.03. The van der Waals surface area contributed by atoms with Crippen molar-refractivity contribution in [2.75, 3.05) is 26.3 Å². The second-order valence-corrected chi connectivity index (χ2v) is 13.0. The number of thiazole rings is 1. The molecular formula is C29H33N3O4S2. The summed E-state index contributed by atoms with van der Waals surface area (Å²) in [6.45, 7) is 8.85. The zero-order chi connectivity index (χ0) is 26.9. The van der Waals surface area contributed by atoms with Crippen LogP contribution in [0.25, 0.3) is 21.0 Å². The van der Waals surface area contributed by atoms with Gasteiger partial charge in [0.15, 0.2) is 4.80 Å². The summed E-state index contributed by atoms with van der Waals surface area (Å²) in [6, 6.07) is 18.5. The van der Waals surface area contributed by atoms with Crippen molar-refractivity contribution in [3.63, 3.8) is 0 Å². The highest BCUT2D eigenvalue weighted by Gasteiger charge is 2.31. The van der Waals surface area contributed by atoms with Crippen LogP contribution in [0.2, 0.25) is 0 Å². The molecule has 9 heteroatoms. The van der Waals surface area contributed by atoms with Crippen molar-refractivity contribution in [2.45, 2.75) is 38.6 Å². The Morgan fingerprint density at radius 3 is 2.45 bits per heavy atom. The smallest absolute Gasteiger partial charge is 0.279 e. The number of aromatic nitrogens is 1. The molecule has 200 valence electrons. The van der Waals surface area contributed by atoms with E-state index in [1.165, 1.54) is 23.5 Å². The van der Waals surface area contributed by atoms with E-state index in [0.717, 1.165) is 27.4 Å². The van der Waals surface area contributed by atoms with Crippen LogP contribution < -0.4 is 4.80 Å². The molecule has 0 aliphatic carbocycles. The van der Waals surface area contributed by atoms with Crippen molar-refractivity contribution in [1.29, 1.82) is 0 Å². The van der Waals surface area contributed by atoms with E-state index >= 15 is 0 Å². The van der Waals surface area contributed by atoms with Crippen molar-refractivity contribution in [1.82, 2.24) is 8.87 Å². The third kappa shape index (κ3) is 5.33. The van der Waals surface area contributed by atoms with Gasteiger partial charge in [0.2, 0.25) is 10.0 Å². The molecule has 0 N–H and O–H groups in total. The third-order valence-corrected chi connectivity index (χ3v) is 9.98. The Labute approximate surface area is 227 Å². The van der Waals surface area contributed by atoms with Crippen molar-refractivity contribution in [2.24, 2.45) is 16.8 Å². The summed E-state index contributed by atoms with van der Waals surface area (Å²) < 4.78 is 36.7. The number of ether oxygens (including phenoxy) is 1. The standard InChI is InChI=1S/C29H33N3O4S2/c1-4-36-16-15-32-26-14-11-22-7-5-6-8-25(22)27(26)37-29(32)30-28(33)23-9-12-24(13-10-23)38(34,35)31-18-20(2)17-21(3)19-31/h5-14,20-21H,4,15-19H2,1-3H3. The quantitative estimate of drug-likeness (QED) is 0.292. The molecule has 0 radical (unpaired) electrons. The van der Waals surface area contributed by atoms with Gasteiger partial charge < -0.3 is 9.30 Å². The van der Waals surface area contributed by atoms with E-state index in [4.69, 9.17) is 4.74 Å². The molecule has 2 atom stereocenters. The van der Waals surface area contributed by atoms with Gasteiger partial charge in [-0.05, 0) is 60.9 Å². The second-order valence-electron chi connectivity index (χ2n) is 10.1. The number of hydrogen-bond acceptors (Lipinski definition) is 5. The van der Waals surface area contributed by atoms with Crippen LogP contribution in [0, 0.1) is 11.8 Å². The van der Waals surface area contributed by atoms with Crippen LogP contribution in [-0.2, 0) is 21.3 Å². The summed E-state index contributed by atoms with van der Waals surface area (Å²) in [7, 11) is -3.61. The Morgan fingerprint density at radius 2 is 1.74 bits per heavy atom. The van der Waals surface area contributed by atoms with E-state index in [1.807, 2.05) is 23.6 Å². The Balaban J connectivity index is 1.48. The molecule has 1 saturated heterocycles. The minimum absolute atomic E-state index is 0.204. The summed E-state index contributed by atoms with van der Waals surface area (Å²) in [4.78, 5) is 18.5. The SMILES string of the molecule is CCOCCn1c(=NC(=O)c2ccc(S(=O)(=O)N3CC(C)CC(C)C3)cc2)sc2c3ccccc3ccc21. The van der Waals surface area contributed by atoms with Crippen molar-refractivity contribution in [3.05, 3.63) is 71.0 Å². The van der Waals surface area contributed by atoms with E-state index < -0.39 is 15.9 Å². The summed E-state index contributed by atoms with van der Waals surface area (Å²) in [5.74, 6) is 0.234. The zero-order valence-electron chi connectivity index (χ0n) is 22.0. The lowest BCUT2D eigenvalue weighted by Gasteiger charge is -2.34. The lowest BCUT2D eigenvalue weighted by atomic mass is 9.94. The van der Waals surface area contributed by atoms with Gasteiger partial charge in [-0.25, -0.2) is 8.42 Å². The molecule has 3 aromatic carbocycles. The average Bonchev–Trinajstić information content (AvgIpc) is 3.25. The predicted octanol–water partition coefficient (Wildman–Crippen LogP) is 5.30. The Morgan fingerprint density at radius 1 is 1.03 bits per heavy atom. The number of nitrogens with zero attached hydrogens (tertiary/aromatic N) is 3. The first-order valence-electron chi connectivity index (χ1n) is 13.1. The molecule has 5 rings (SSSR count). The molecule has 38 heavy (non-hydrogen) atoms. The summed E-state index contributed by atoms with van der Waals surface area (Å²) in [5, 5.41) is 2.25. The first kappa shape index (κ1) is 26.7. The molecule has 2 unspecified atom stereocenters. The highest BCUT2D eigenvalue weighted by molar-refractivity contribution is 7.89. The molecule has 1 amide bonds. The van der Waals surface area contributed by atoms with Gasteiger partial charge in [-0.3, -0.25) is 4.79 Å². The summed E-state index contributed by atoms with van der Waals surface area (Å²) in [5.41, 5.74) is 1.36. The molecule has 1 aliphatic heterocycles. The van der Waals surface area contributed by atoms with Gasteiger partial charge in [0.1, 0.15) is 0 Å². The monoisotopic (exact) mass is 551 g/mol. The number of benzene rings is 3. The molecule has 0 bridgehead atoms. The lowest BCUT2D eigenvalue weighted by molar-refractivity contribution is 0.0996. The van der Waals surface area contributed by atoms with Gasteiger partial charge in [0, 0.05) is 37.2 Å². The number of amides is 1. The van der Waals surface area contributed by atoms with Gasteiger partial charge in [0.25, 0.3) is 5.91 Å². The average molecular weight is 552 g/mol. The fourth-order valence-electron chi connectivity index (χ4n) is 5.27. The Hall–Kier alpha value is -2.85. The summed E-state index contributed by atoms with van der Waals surface area (Å²) >= 11 is 1.48. The normalized spacial score (nSPS) is 19.4. The van der Waals surface area contributed by atoms with Gasteiger partial charge in [0.05, 0.1) is 21.7 Å². The van der Waals surface area contributed by atoms with Crippen LogP contribution >= 0.6 is 11.3 Å². The van der Waals surface area contributed by atoms with E-state index in [9.17, 15) is 13.2 Å². The molecule has 0 spiro atoms. The molecule has 4 aromatic rings. The first-order valence-corrected chi connectivity index (χ1v) is 15.3. The zero-order valence-corrected chi connectivity index (χ0v) is 23.6. The van der Waals surface area contributed by atoms with Crippen LogP contribution in [0.5, 0.6) is 0 Å². The van der Waals surface area contributed by atoms with Gasteiger partial charge in [-0.1, -0.05) is 55.5 Å². The van der Waals surface area contributed by atoms with Gasteiger partial charge >= 0.3 is 0 Å². The van der Waals surface area contributed by atoms with E-state index in [2.05, 4.69) is 43.1 Å². The van der Waals surface area contributed by atoms with E-state index in [1.54, 1.807) is 16.4 Å². The van der Waals surface area contributed by atoms with Crippen LogP contribution in [0.3, 0.4) is 0 Å². The topological polar surface area (TPSA) is 81.0 Å². The number of carbonyl (C=O) groups excluding carboxylic acids is 1. The number of piperidine rings is 1. The first-order chi connectivity index (χ1) is 18.3. The molecule has 0 saturated carbocycles. The van der Waals surface area contributed by atoms with E-state index in [-0.39, 0.29) is 4.90 Å². The maximum absolute atomic E-state index is 13.2. The maximum Gasteiger partial charge on any atom is 0.279 e. The highest BCUT2D eigenvalue weighted by atomic mass is 32.2. The van der Waals surface area contributed by atoms with Crippen LogP contribution in [0.4, 0.5) is 0 Å². The molecule has 1 aliphatic rings. The van der Waals surface area contributed by atoms with Gasteiger partial charge in [-0.15, -0.1) is 0 Å². The van der Waals surface area contributed by atoms with Crippen molar-refractivity contribution >= 4 is 48.3 Å². The second kappa shape index (κ2) is 11.1. The number of rotatable bonds is 7. The molecule has 1 aromatic heterocycles. The molecule has 7 nitrogen and oxygen atoms in total. The fourth-order valence-corrected chi connectivity index (χ4v) is 8.14.